The van der Waals surface area contributed by atoms with Gasteiger partial charge in [-0.3, -0.25) is 0 Å². The highest BCUT2D eigenvalue weighted by molar-refractivity contribution is 7.14. The van der Waals surface area contributed by atoms with Crippen molar-refractivity contribution in [2.24, 2.45) is 0 Å². The maximum Gasteiger partial charge on any atom is 0.345 e. The zero-order valence-corrected chi connectivity index (χ0v) is 15.2. The average Bonchev–Trinajstić information content (AvgIpc) is 3.15. The predicted octanol–water partition coefficient (Wildman–Crippen LogP) is 4.16. The molecular weight excluding hydrogens is 364 g/mol. The summed E-state index contributed by atoms with van der Waals surface area (Å²) in [5.41, 5.74) is 2.39. The van der Waals surface area contributed by atoms with Crippen LogP contribution in [0.15, 0.2) is 63.1 Å². The maximum absolute atomic E-state index is 12.4. The summed E-state index contributed by atoms with van der Waals surface area (Å²) >= 11 is 1.39. The normalized spacial score (nSPS) is 10.9. The fourth-order valence-corrected chi connectivity index (χ4v) is 3.47. The van der Waals surface area contributed by atoms with Crippen molar-refractivity contribution in [3.05, 3.63) is 69.9 Å². The van der Waals surface area contributed by atoms with Crippen LogP contribution in [0.4, 0.5) is 10.8 Å². The van der Waals surface area contributed by atoms with E-state index in [-0.39, 0.29) is 6.61 Å². The number of methoxy groups -OCH3 is 1. The lowest BCUT2D eigenvalue weighted by Crippen LogP contribution is -2.03. The molecule has 0 fully saturated rings. The highest BCUT2D eigenvalue weighted by Crippen LogP contribution is 2.31. The Bertz CT molecular complexity index is 1170. The zero-order valence-electron chi connectivity index (χ0n) is 14.4. The molecule has 0 amide bonds. The Morgan fingerprint density at radius 3 is 2.89 bits per heavy atom. The Morgan fingerprint density at radius 1 is 1.22 bits per heavy atom. The molecular formula is C20H16N2O4S. The van der Waals surface area contributed by atoms with Crippen molar-refractivity contribution in [2.45, 2.75) is 6.61 Å². The van der Waals surface area contributed by atoms with Crippen LogP contribution in [0.25, 0.3) is 22.2 Å². The van der Waals surface area contributed by atoms with E-state index in [0.717, 1.165) is 11.1 Å². The highest BCUT2D eigenvalue weighted by Gasteiger charge is 2.13. The standard InChI is InChI=1S/C20H16N2O4S/c1-25-17-5-3-2-4-15(17)21-20-22-16(11-27-20)14-9-13-7-6-12(10-23)8-18(13)26-19(14)24/h2-9,11,23H,10H2,1H3,(H,21,22). The van der Waals surface area contributed by atoms with Crippen molar-refractivity contribution >= 4 is 33.1 Å². The van der Waals surface area contributed by atoms with Gasteiger partial charge in [0, 0.05) is 10.8 Å². The highest BCUT2D eigenvalue weighted by atomic mass is 32.1. The number of nitrogens with one attached hydrogen (secondary N) is 1. The molecule has 0 unspecified atom stereocenters. The quantitative estimate of drug-likeness (QED) is 0.506. The third kappa shape index (κ3) is 3.42. The fraction of sp³-hybridized carbons (Fsp3) is 0.100. The number of aliphatic hydroxyl groups is 1. The van der Waals surface area contributed by atoms with E-state index in [1.54, 1.807) is 30.7 Å². The van der Waals surface area contributed by atoms with Crippen molar-refractivity contribution in [1.29, 1.82) is 0 Å². The van der Waals surface area contributed by atoms with Gasteiger partial charge >= 0.3 is 5.63 Å². The van der Waals surface area contributed by atoms with Crippen LogP contribution in [0.1, 0.15) is 5.56 Å². The largest absolute Gasteiger partial charge is 0.495 e. The van der Waals surface area contributed by atoms with E-state index in [2.05, 4.69) is 10.3 Å². The first-order valence-electron chi connectivity index (χ1n) is 8.21. The zero-order chi connectivity index (χ0) is 18.8. The van der Waals surface area contributed by atoms with Crippen LogP contribution in [-0.4, -0.2) is 17.2 Å². The van der Waals surface area contributed by atoms with Gasteiger partial charge in [-0.05, 0) is 29.8 Å². The molecule has 0 atom stereocenters. The van der Waals surface area contributed by atoms with Crippen molar-refractivity contribution in [3.8, 4) is 17.0 Å². The summed E-state index contributed by atoms with van der Waals surface area (Å²) in [7, 11) is 1.61. The number of anilines is 2. The number of benzene rings is 2. The first-order valence-corrected chi connectivity index (χ1v) is 9.09. The van der Waals surface area contributed by atoms with Gasteiger partial charge in [-0.1, -0.05) is 24.3 Å². The Labute approximate surface area is 158 Å². The second kappa shape index (κ2) is 7.22. The Morgan fingerprint density at radius 2 is 2.07 bits per heavy atom. The van der Waals surface area contributed by atoms with E-state index in [9.17, 15) is 9.90 Å². The van der Waals surface area contributed by atoms with E-state index < -0.39 is 5.63 Å². The summed E-state index contributed by atoms with van der Waals surface area (Å²) in [5.74, 6) is 0.708. The smallest absolute Gasteiger partial charge is 0.345 e. The molecule has 2 heterocycles. The van der Waals surface area contributed by atoms with Crippen LogP contribution < -0.4 is 15.7 Å². The van der Waals surface area contributed by atoms with Gasteiger partial charge in [-0.15, -0.1) is 11.3 Å². The Kier molecular flexibility index (Phi) is 4.62. The van der Waals surface area contributed by atoms with Crippen LogP contribution in [0.5, 0.6) is 5.75 Å². The van der Waals surface area contributed by atoms with Gasteiger partial charge in [0.25, 0.3) is 0 Å². The van der Waals surface area contributed by atoms with Crippen LogP contribution in [-0.2, 0) is 6.61 Å². The Hall–Kier alpha value is -3.16. The van der Waals surface area contributed by atoms with Crippen molar-refractivity contribution in [2.75, 3.05) is 12.4 Å². The maximum atomic E-state index is 12.4. The molecule has 27 heavy (non-hydrogen) atoms. The number of rotatable bonds is 5. The molecule has 136 valence electrons. The van der Waals surface area contributed by atoms with Gasteiger partial charge in [0.15, 0.2) is 5.13 Å². The molecule has 0 spiro atoms. The second-order valence-electron chi connectivity index (χ2n) is 5.84. The van der Waals surface area contributed by atoms with Crippen LogP contribution in [0, 0.1) is 0 Å². The number of aromatic nitrogens is 1. The average molecular weight is 380 g/mol. The lowest BCUT2D eigenvalue weighted by atomic mass is 10.1. The first-order chi connectivity index (χ1) is 13.2. The summed E-state index contributed by atoms with van der Waals surface area (Å²) in [4.78, 5) is 16.9. The molecule has 0 bridgehead atoms. The summed E-state index contributed by atoms with van der Waals surface area (Å²) < 4.78 is 10.7. The molecule has 7 heteroatoms. The van der Waals surface area contributed by atoms with Gasteiger partial charge in [-0.25, -0.2) is 9.78 Å². The fourth-order valence-electron chi connectivity index (χ4n) is 2.75. The monoisotopic (exact) mass is 380 g/mol. The SMILES string of the molecule is COc1ccccc1Nc1nc(-c2cc3ccc(CO)cc3oc2=O)cs1. The van der Waals surface area contributed by atoms with Crippen molar-refractivity contribution in [3.63, 3.8) is 0 Å². The number of hydrogen-bond donors (Lipinski definition) is 2. The van der Waals surface area contributed by atoms with Crippen LogP contribution >= 0.6 is 11.3 Å². The number of thiazole rings is 1. The number of hydrogen-bond acceptors (Lipinski definition) is 7. The number of nitrogens with zero attached hydrogens (tertiary/aromatic N) is 1. The summed E-state index contributed by atoms with van der Waals surface area (Å²) in [6, 6.07) is 14.6. The molecule has 0 aliphatic heterocycles. The molecule has 4 aromatic rings. The molecule has 2 aromatic carbocycles. The molecule has 0 saturated heterocycles. The number of para-hydroxylation sites is 2. The van der Waals surface area contributed by atoms with Crippen molar-refractivity contribution in [1.82, 2.24) is 4.98 Å². The molecule has 0 aliphatic rings. The van der Waals surface area contributed by atoms with Gasteiger partial charge < -0.3 is 19.6 Å². The van der Waals surface area contributed by atoms with Crippen LogP contribution in [0.2, 0.25) is 0 Å². The molecule has 2 N–H and O–H groups in total. The first kappa shape index (κ1) is 17.3. The summed E-state index contributed by atoms with van der Waals surface area (Å²) in [5, 5.41) is 15.6. The minimum atomic E-state index is -0.466. The Balaban J connectivity index is 1.68. The lowest BCUT2D eigenvalue weighted by molar-refractivity contribution is 0.282. The molecule has 4 rings (SSSR count). The third-order valence-electron chi connectivity index (χ3n) is 4.11. The van der Waals surface area contributed by atoms with Gasteiger partial charge in [0.05, 0.1) is 30.7 Å². The topological polar surface area (TPSA) is 84.6 Å². The molecule has 0 aliphatic carbocycles. The molecule has 2 aromatic heterocycles. The summed E-state index contributed by atoms with van der Waals surface area (Å²) in [6.07, 6.45) is 0. The van der Waals surface area contributed by atoms with E-state index in [4.69, 9.17) is 9.15 Å². The molecule has 0 saturated carbocycles. The van der Waals surface area contributed by atoms with Gasteiger partial charge in [-0.2, -0.15) is 0 Å². The van der Waals surface area contributed by atoms with E-state index in [0.29, 0.717) is 33.3 Å². The van der Waals surface area contributed by atoms with Crippen molar-refractivity contribution < 1.29 is 14.3 Å². The van der Waals surface area contributed by atoms with E-state index >= 15 is 0 Å². The minimum absolute atomic E-state index is 0.106. The second-order valence-corrected chi connectivity index (χ2v) is 6.70. The van der Waals surface area contributed by atoms with Gasteiger partial charge in [0.1, 0.15) is 11.3 Å². The van der Waals surface area contributed by atoms with E-state index in [1.807, 2.05) is 30.3 Å². The van der Waals surface area contributed by atoms with E-state index in [1.165, 1.54) is 11.3 Å². The van der Waals surface area contributed by atoms with Crippen LogP contribution in [0.3, 0.4) is 0 Å². The summed E-state index contributed by atoms with van der Waals surface area (Å²) in [6.45, 7) is -0.106. The number of ether oxygens (including phenoxy) is 1. The minimum Gasteiger partial charge on any atom is -0.495 e. The van der Waals surface area contributed by atoms with Gasteiger partial charge in [0.2, 0.25) is 0 Å². The molecule has 6 nitrogen and oxygen atoms in total. The molecule has 0 radical (unpaired) electrons. The predicted molar refractivity (Wildman–Crippen MR) is 106 cm³/mol. The lowest BCUT2D eigenvalue weighted by Gasteiger charge is -2.08. The number of aliphatic hydroxyl groups excluding tert-OH is 1. The third-order valence-corrected chi connectivity index (χ3v) is 4.87. The number of fused-ring (bicyclic) bond motifs is 1.